The summed E-state index contributed by atoms with van der Waals surface area (Å²) in [5, 5.41) is 13.7. The molecule has 2 N–H and O–H groups in total. The van der Waals surface area contributed by atoms with E-state index in [0.717, 1.165) is 0 Å². The van der Waals surface area contributed by atoms with Crippen molar-refractivity contribution in [3.05, 3.63) is 49.6 Å². The first-order valence-electron chi connectivity index (χ1n) is 5.06. The molecule has 0 spiro atoms. The summed E-state index contributed by atoms with van der Waals surface area (Å²) in [5.74, 6) is -1.43. The molecule has 7 heteroatoms. The summed E-state index contributed by atoms with van der Waals surface area (Å²) in [6.07, 6.45) is 0. The standard InChI is InChI=1S/C12H7BrClNO3S/c13-8-2-1-6(5-7(8)12(17)18)15-11(16)10-9(14)3-4-19-10/h1-5H,(H,15,16)(H,17,18). The van der Waals surface area contributed by atoms with Crippen molar-refractivity contribution in [2.75, 3.05) is 5.32 Å². The largest absolute Gasteiger partial charge is 0.478 e. The number of carbonyl (C=O) groups excluding carboxylic acids is 1. The number of thiophene rings is 1. The molecule has 1 amide bonds. The lowest BCUT2D eigenvalue weighted by Gasteiger charge is -2.06. The molecule has 1 aromatic carbocycles. The molecule has 0 fully saturated rings. The molecule has 1 heterocycles. The van der Waals surface area contributed by atoms with Crippen molar-refractivity contribution in [1.29, 1.82) is 0 Å². The van der Waals surface area contributed by atoms with Gasteiger partial charge in [-0.1, -0.05) is 11.6 Å². The molecule has 0 radical (unpaired) electrons. The number of anilines is 1. The first-order chi connectivity index (χ1) is 8.99. The fourth-order valence-corrected chi connectivity index (χ4v) is 2.86. The summed E-state index contributed by atoms with van der Waals surface area (Å²) >= 11 is 10.2. The lowest BCUT2D eigenvalue weighted by molar-refractivity contribution is 0.0695. The summed E-state index contributed by atoms with van der Waals surface area (Å²) in [5.41, 5.74) is 0.477. The van der Waals surface area contributed by atoms with E-state index in [9.17, 15) is 9.59 Å². The molecule has 0 aliphatic heterocycles. The molecule has 0 aliphatic rings. The topological polar surface area (TPSA) is 66.4 Å². The van der Waals surface area contributed by atoms with Gasteiger partial charge < -0.3 is 10.4 Å². The van der Waals surface area contributed by atoms with Gasteiger partial charge in [-0.15, -0.1) is 11.3 Å². The summed E-state index contributed by atoms with van der Waals surface area (Å²) < 4.78 is 0.451. The van der Waals surface area contributed by atoms with Gasteiger partial charge in [0.2, 0.25) is 0 Å². The monoisotopic (exact) mass is 359 g/mol. The molecule has 1 aromatic heterocycles. The van der Waals surface area contributed by atoms with E-state index in [1.807, 2.05) is 0 Å². The molecule has 2 aromatic rings. The summed E-state index contributed by atoms with van der Waals surface area (Å²) in [6.45, 7) is 0. The molecule has 0 bridgehead atoms. The summed E-state index contributed by atoms with van der Waals surface area (Å²) in [6, 6.07) is 6.18. The molecule has 19 heavy (non-hydrogen) atoms. The minimum Gasteiger partial charge on any atom is -0.478 e. The number of amides is 1. The van der Waals surface area contributed by atoms with Crippen LogP contribution < -0.4 is 5.32 Å². The number of hydrogen-bond acceptors (Lipinski definition) is 3. The second-order valence-corrected chi connectivity index (χ2v) is 5.73. The molecule has 0 aliphatic carbocycles. The molecule has 0 unspecified atom stereocenters. The third kappa shape index (κ3) is 3.15. The Morgan fingerprint density at radius 2 is 2.05 bits per heavy atom. The van der Waals surface area contributed by atoms with E-state index < -0.39 is 5.97 Å². The van der Waals surface area contributed by atoms with Crippen LogP contribution in [-0.4, -0.2) is 17.0 Å². The van der Waals surface area contributed by atoms with Crippen LogP contribution in [0.2, 0.25) is 5.02 Å². The van der Waals surface area contributed by atoms with Crippen LogP contribution in [0.15, 0.2) is 34.1 Å². The van der Waals surface area contributed by atoms with Crippen LogP contribution in [0.5, 0.6) is 0 Å². The van der Waals surface area contributed by atoms with Crippen LogP contribution >= 0.6 is 38.9 Å². The van der Waals surface area contributed by atoms with Gasteiger partial charge in [0.15, 0.2) is 0 Å². The van der Waals surface area contributed by atoms with Gasteiger partial charge >= 0.3 is 5.97 Å². The number of benzene rings is 1. The van der Waals surface area contributed by atoms with E-state index in [0.29, 0.717) is 20.1 Å². The predicted molar refractivity (Wildman–Crippen MR) is 78.4 cm³/mol. The average molecular weight is 361 g/mol. The molecule has 0 atom stereocenters. The lowest BCUT2D eigenvalue weighted by Crippen LogP contribution is -2.11. The Bertz CT molecular complexity index is 656. The van der Waals surface area contributed by atoms with Crippen LogP contribution in [0.4, 0.5) is 5.69 Å². The van der Waals surface area contributed by atoms with Gasteiger partial charge in [-0.05, 0) is 45.6 Å². The fourth-order valence-electron chi connectivity index (χ4n) is 1.41. The highest BCUT2D eigenvalue weighted by molar-refractivity contribution is 9.10. The molecule has 0 saturated carbocycles. The normalized spacial score (nSPS) is 10.2. The van der Waals surface area contributed by atoms with Gasteiger partial charge in [-0.3, -0.25) is 4.79 Å². The van der Waals surface area contributed by atoms with E-state index >= 15 is 0 Å². The Kier molecular flexibility index (Phi) is 4.24. The van der Waals surface area contributed by atoms with Crippen LogP contribution in [0.25, 0.3) is 0 Å². The molecule has 2 rings (SSSR count). The van der Waals surface area contributed by atoms with Crippen LogP contribution in [0, 0.1) is 0 Å². The smallest absolute Gasteiger partial charge is 0.336 e. The van der Waals surface area contributed by atoms with E-state index in [1.54, 1.807) is 23.6 Å². The van der Waals surface area contributed by atoms with Crippen molar-refractivity contribution >= 4 is 56.4 Å². The zero-order chi connectivity index (χ0) is 14.0. The van der Waals surface area contributed by atoms with E-state index in [1.165, 1.54) is 17.4 Å². The third-order valence-electron chi connectivity index (χ3n) is 2.28. The molecule has 4 nitrogen and oxygen atoms in total. The van der Waals surface area contributed by atoms with Crippen molar-refractivity contribution in [3.8, 4) is 0 Å². The lowest BCUT2D eigenvalue weighted by atomic mass is 10.2. The fraction of sp³-hybridized carbons (Fsp3) is 0. The Morgan fingerprint density at radius 1 is 1.32 bits per heavy atom. The minimum atomic E-state index is -1.07. The number of carboxylic acids is 1. The second-order valence-electron chi connectivity index (χ2n) is 3.55. The maximum atomic E-state index is 11.9. The van der Waals surface area contributed by atoms with E-state index in [2.05, 4.69) is 21.2 Å². The molecule has 98 valence electrons. The number of rotatable bonds is 3. The number of hydrogen-bond donors (Lipinski definition) is 2. The van der Waals surface area contributed by atoms with Crippen LogP contribution in [0.1, 0.15) is 20.0 Å². The van der Waals surface area contributed by atoms with Gasteiger partial charge in [-0.2, -0.15) is 0 Å². The highest BCUT2D eigenvalue weighted by Gasteiger charge is 2.14. The van der Waals surface area contributed by atoms with Crippen LogP contribution in [0.3, 0.4) is 0 Å². The Labute approximate surface area is 126 Å². The number of nitrogens with one attached hydrogen (secondary N) is 1. The Morgan fingerprint density at radius 3 is 2.63 bits per heavy atom. The first-order valence-corrected chi connectivity index (χ1v) is 7.11. The Hall–Kier alpha value is -1.37. The summed E-state index contributed by atoms with van der Waals surface area (Å²) in [7, 11) is 0. The first kappa shape index (κ1) is 14.0. The van der Waals surface area contributed by atoms with Gasteiger partial charge in [0.25, 0.3) is 5.91 Å². The minimum absolute atomic E-state index is 0.0788. The van der Waals surface area contributed by atoms with Crippen molar-refractivity contribution in [2.24, 2.45) is 0 Å². The predicted octanol–water partition coefficient (Wildman–Crippen LogP) is 4.11. The summed E-state index contributed by atoms with van der Waals surface area (Å²) in [4.78, 5) is 23.3. The molecular formula is C12H7BrClNO3S. The van der Waals surface area contributed by atoms with Crippen molar-refractivity contribution in [3.63, 3.8) is 0 Å². The zero-order valence-corrected chi connectivity index (χ0v) is 12.5. The molecular weight excluding hydrogens is 354 g/mol. The van der Waals surface area contributed by atoms with Gasteiger partial charge in [0, 0.05) is 10.2 Å². The third-order valence-corrected chi connectivity index (χ3v) is 4.31. The van der Waals surface area contributed by atoms with Gasteiger partial charge in [-0.25, -0.2) is 4.79 Å². The van der Waals surface area contributed by atoms with Crippen molar-refractivity contribution < 1.29 is 14.7 Å². The van der Waals surface area contributed by atoms with E-state index in [-0.39, 0.29) is 11.5 Å². The number of halogens is 2. The highest BCUT2D eigenvalue weighted by atomic mass is 79.9. The number of carboxylic acid groups (broad SMARTS) is 1. The number of aromatic carboxylic acids is 1. The maximum absolute atomic E-state index is 11.9. The number of carbonyl (C=O) groups is 2. The Balaban J connectivity index is 2.25. The van der Waals surface area contributed by atoms with Crippen molar-refractivity contribution in [2.45, 2.75) is 0 Å². The van der Waals surface area contributed by atoms with Gasteiger partial charge in [0.1, 0.15) is 4.88 Å². The van der Waals surface area contributed by atoms with Gasteiger partial charge in [0.05, 0.1) is 10.6 Å². The SMILES string of the molecule is O=C(O)c1cc(NC(=O)c2sccc2Cl)ccc1Br. The van der Waals surface area contributed by atoms with Crippen LogP contribution in [-0.2, 0) is 0 Å². The quantitative estimate of drug-likeness (QED) is 0.865. The van der Waals surface area contributed by atoms with E-state index in [4.69, 9.17) is 16.7 Å². The highest BCUT2D eigenvalue weighted by Crippen LogP contribution is 2.25. The van der Waals surface area contributed by atoms with Crippen molar-refractivity contribution in [1.82, 2.24) is 0 Å². The molecule has 0 saturated heterocycles. The average Bonchev–Trinajstić information content (AvgIpc) is 2.77. The maximum Gasteiger partial charge on any atom is 0.336 e. The zero-order valence-electron chi connectivity index (χ0n) is 9.31. The second kappa shape index (κ2) is 5.73.